The predicted molar refractivity (Wildman–Crippen MR) is 59.4 cm³/mol. The van der Waals surface area contributed by atoms with Gasteiger partial charge in [0.15, 0.2) is 6.29 Å². The van der Waals surface area contributed by atoms with Crippen LogP contribution in [0.3, 0.4) is 0 Å². The molecule has 0 aromatic rings. The smallest absolute Gasteiger partial charge is 0.161 e. The highest BCUT2D eigenvalue weighted by atomic mass is 16.7. The van der Waals surface area contributed by atoms with E-state index >= 15 is 0 Å². The Kier molecular flexibility index (Phi) is 4.77. The Morgan fingerprint density at radius 2 is 1.93 bits per heavy atom. The summed E-state index contributed by atoms with van der Waals surface area (Å²) < 4.78 is 11.3. The van der Waals surface area contributed by atoms with Gasteiger partial charge < -0.3 is 14.6 Å². The summed E-state index contributed by atoms with van der Waals surface area (Å²) in [5, 5.41) is 9.21. The van der Waals surface area contributed by atoms with Gasteiger partial charge in [0.25, 0.3) is 0 Å². The van der Waals surface area contributed by atoms with Gasteiger partial charge in [0.1, 0.15) is 0 Å². The van der Waals surface area contributed by atoms with E-state index in [9.17, 15) is 5.11 Å². The van der Waals surface area contributed by atoms with Crippen molar-refractivity contribution in [3.63, 3.8) is 0 Å². The van der Waals surface area contributed by atoms with Crippen LogP contribution in [0.15, 0.2) is 12.7 Å². The van der Waals surface area contributed by atoms with Crippen molar-refractivity contribution in [2.75, 3.05) is 13.2 Å². The van der Waals surface area contributed by atoms with Crippen molar-refractivity contribution >= 4 is 0 Å². The van der Waals surface area contributed by atoms with E-state index in [-0.39, 0.29) is 19.0 Å². The average molecular weight is 214 g/mol. The zero-order chi connectivity index (χ0) is 11.4. The highest BCUT2D eigenvalue weighted by Crippen LogP contribution is 2.35. The Morgan fingerprint density at radius 3 is 2.47 bits per heavy atom. The number of hydrogen-bond acceptors (Lipinski definition) is 3. The molecular weight excluding hydrogens is 192 g/mol. The first-order valence-electron chi connectivity index (χ1n) is 5.60. The number of aliphatic hydroxyl groups excluding tert-OH is 1. The summed E-state index contributed by atoms with van der Waals surface area (Å²) in [6.07, 6.45) is 1.39. The molecule has 1 saturated heterocycles. The van der Waals surface area contributed by atoms with Gasteiger partial charge in [-0.25, -0.2) is 0 Å². The third-order valence-corrected chi connectivity index (χ3v) is 3.54. The van der Waals surface area contributed by atoms with Crippen LogP contribution in [0.5, 0.6) is 0 Å². The Hall–Kier alpha value is -0.380. The van der Waals surface area contributed by atoms with Crippen molar-refractivity contribution < 1.29 is 14.6 Å². The maximum Gasteiger partial charge on any atom is 0.161 e. The summed E-state index contributed by atoms with van der Waals surface area (Å²) in [4.78, 5) is 0. The molecule has 0 aromatic heterocycles. The molecule has 0 saturated carbocycles. The predicted octanol–water partition coefficient (Wildman–Crippen LogP) is 1.81. The van der Waals surface area contributed by atoms with Gasteiger partial charge in [-0.15, -0.1) is 6.58 Å². The minimum atomic E-state index is -0.216. The molecule has 0 spiro atoms. The first-order valence-corrected chi connectivity index (χ1v) is 5.60. The fourth-order valence-corrected chi connectivity index (χ4v) is 2.05. The molecule has 5 unspecified atom stereocenters. The standard InChI is InChI=1S/C12H22O3/c1-5-6-14-12-10(4)8(2)9(3)11(7-13)15-12/h5,8-13H,1,6-7H2,2-4H3. The molecule has 1 aliphatic heterocycles. The molecule has 3 heteroatoms. The zero-order valence-corrected chi connectivity index (χ0v) is 9.85. The molecular formula is C12H22O3. The topological polar surface area (TPSA) is 38.7 Å². The van der Waals surface area contributed by atoms with Gasteiger partial charge in [0.2, 0.25) is 0 Å². The van der Waals surface area contributed by atoms with Crippen molar-refractivity contribution in [3.8, 4) is 0 Å². The van der Waals surface area contributed by atoms with Gasteiger partial charge in [-0.1, -0.05) is 26.8 Å². The van der Waals surface area contributed by atoms with Crippen LogP contribution >= 0.6 is 0 Å². The molecule has 0 aromatic carbocycles. The maximum absolute atomic E-state index is 9.21. The van der Waals surface area contributed by atoms with E-state index in [0.717, 1.165) is 0 Å². The largest absolute Gasteiger partial charge is 0.394 e. The Balaban J connectivity index is 2.60. The van der Waals surface area contributed by atoms with Crippen LogP contribution in [0.1, 0.15) is 20.8 Å². The van der Waals surface area contributed by atoms with Crippen molar-refractivity contribution in [1.82, 2.24) is 0 Å². The molecule has 1 heterocycles. The summed E-state index contributed by atoms with van der Waals surface area (Å²) in [5.41, 5.74) is 0. The van der Waals surface area contributed by atoms with Crippen LogP contribution in [0.25, 0.3) is 0 Å². The van der Waals surface area contributed by atoms with Crippen molar-refractivity contribution in [3.05, 3.63) is 12.7 Å². The molecule has 1 rings (SSSR count). The second-order valence-corrected chi connectivity index (χ2v) is 4.42. The Labute approximate surface area is 92.1 Å². The van der Waals surface area contributed by atoms with Crippen molar-refractivity contribution in [1.29, 1.82) is 0 Å². The summed E-state index contributed by atoms with van der Waals surface area (Å²) in [6, 6.07) is 0. The fraction of sp³-hybridized carbons (Fsp3) is 0.833. The van der Waals surface area contributed by atoms with E-state index in [1.807, 2.05) is 0 Å². The lowest BCUT2D eigenvalue weighted by atomic mass is 9.79. The van der Waals surface area contributed by atoms with Crippen LogP contribution in [0.4, 0.5) is 0 Å². The van der Waals surface area contributed by atoms with E-state index in [1.54, 1.807) is 6.08 Å². The zero-order valence-electron chi connectivity index (χ0n) is 9.85. The first-order chi connectivity index (χ1) is 7.11. The number of aliphatic hydroxyl groups is 1. The van der Waals surface area contributed by atoms with Gasteiger partial charge in [-0.3, -0.25) is 0 Å². The lowest BCUT2D eigenvalue weighted by Crippen LogP contribution is -2.47. The molecule has 1 fully saturated rings. The highest BCUT2D eigenvalue weighted by molar-refractivity contribution is 4.82. The summed E-state index contributed by atoms with van der Waals surface area (Å²) in [7, 11) is 0. The molecule has 0 radical (unpaired) electrons. The van der Waals surface area contributed by atoms with Crippen LogP contribution in [-0.2, 0) is 9.47 Å². The second-order valence-electron chi connectivity index (χ2n) is 4.42. The molecule has 1 aliphatic rings. The van der Waals surface area contributed by atoms with Crippen LogP contribution in [0, 0.1) is 17.8 Å². The van der Waals surface area contributed by atoms with Crippen molar-refractivity contribution in [2.24, 2.45) is 17.8 Å². The number of hydrogen-bond donors (Lipinski definition) is 1. The van der Waals surface area contributed by atoms with Gasteiger partial charge >= 0.3 is 0 Å². The molecule has 0 aliphatic carbocycles. The summed E-state index contributed by atoms with van der Waals surface area (Å²) >= 11 is 0. The Morgan fingerprint density at radius 1 is 1.27 bits per heavy atom. The van der Waals surface area contributed by atoms with Crippen LogP contribution in [0.2, 0.25) is 0 Å². The van der Waals surface area contributed by atoms with Gasteiger partial charge in [0.05, 0.1) is 19.3 Å². The minimum Gasteiger partial charge on any atom is -0.394 e. The molecule has 0 bridgehead atoms. The summed E-state index contributed by atoms with van der Waals surface area (Å²) in [6.45, 7) is 10.6. The lowest BCUT2D eigenvalue weighted by molar-refractivity contribution is -0.250. The first kappa shape index (κ1) is 12.7. The minimum absolute atomic E-state index is 0.0617. The normalized spacial score (nSPS) is 41.5. The fourth-order valence-electron chi connectivity index (χ4n) is 2.05. The van der Waals surface area contributed by atoms with Gasteiger partial charge in [-0.2, -0.15) is 0 Å². The molecule has 3 nitrogen and oxygen atoms in total. The van der Waals surface area contributed by atoms with Gasteiger partial charge in [-0.05, 0) is 11.8 Å². The quantitative estimate of drug-likeness (QED) is 0.725. The second kappa shape index (κ2) is 5.64. The van der Waals surface area contributed by atoms with Crippen molar-refractivity contribution in [2.45, 2.75) is 33.2 Å². The monoisotopic (exact) mass is 214 g/mol. The number of rotatable bonds is 4. The summed E-state index contributed by atoms with van der Waals surface area (Å²) in [5.74, 6) is 1.21. The van der Waals surface area contributed by atoms with E-state index in [0.29, 0.717) is 24.4 Å². The van der Waals surface area contributed by atoms with E-state index in [1.165, 1.54) is 0 Å². The number of ether oxygens (including phenoxy) is 2. The molecule has 5 atom stereocenters. The third-order valence-electron chi connectivity index (χ3n) is 3.54. The molecule has 88 valence electrons. The third kappa shape index (κ3) is 2.80. The van der Waals surface area contributed by atoms with Crippen LogP contribution < -0.4 is 0 Å². The SMILES string of the molecule is C=CCOC1OC(CO)C(C)C(C)C1C. The Bertz CT molecular complexity index is 203. The maximum atomic E-state index is 9.21. The molecule has 15 heavy (non-hydrogen) atoms. The lowest BCUT2D eigenvalue weighted by Gasteiger charge is -2.42. The van der Waals surface area contributed by atoms with Crippen LogP contribution in [-0.4, -0.2) is 30.7 Å². The molecule has 0 amide bonds. The molecule has 1 N–H and O–H groups in total. The highest BCUT2D eigenvalue weighted by Gasteiger charge is 2.38. The van der Waals surface area contributed by atoms with E-state index in [2.05, 4.69) is 27.4 Å². The average Bonchev–Trinajstić information content (AvgIpc) is 2.25. The van der Waals surface area contributed by atoms with Gasteiger partial charge in [0, 0.05) is 5.92 Å². The van der Waals surface area contributed by atoms with E-state index in [4.69, 9.17) is 9.47 Å². The van der Waals surface area contributed by atoms with E-state index < -0.39 is 0 Å².